The van der Waals surface area contributed by atoms with Gasteiger partial charge >= 0.3 is 0 Å². The van der Waals surface area contributed by atoms with Gasteiger partial charge in [-0.25, -0.2) is 0 Å². The van der Waals surface area contributed by atoms with Crippen LogP contribution in [0.1, 0.15) is 71.1 Å². The zero-order valence-electron chi connectivity index (χ0n) is 23.7. The van der Waals surface area contributed by atoms with Crippen molar-refractivity contribution in [2.24, 2.45) is 5.92 Å². The topological polar surface area (TPSA) is 0 Å². The summed E-state index contributed by atoms with van der Waals surface area (Å²) in [6.07, 6.45) is 1.01. The molecule has 0 aliphatic heterocycles. The van der Waals surface area contributed by atoms with Crippen molar-refractivity contribution in [1.82, 2.24) is 0 Å². The predicted octanol–water partition coefficient (Wildman–Crippen LogP) is 13.4. The number of halogens is 4. The van der Waals surface area contributed by atoms with Crippen molar-refractivity contribution in [3.63, 3.8) is 0 Å². The van der Waals surface area contributed by atoms with Crippen LogP contribution in [0.4, 0.5) is 0 Å². The van der Waals surface area contributed by atoms with E-state index in [2.05, 4.69) is 179 Å². The molecule has 0 saturated carbocycles. The Balaban J connectivity index is 2.28. The Kier molecular flexibility index (Phi) is 9.74. The van der Waals surface area contributed by atoms with Crippen LogP contribution in [-0.2, 0) is 11.8 Å². The van der Waals surface area contributed by atoms with Crippen LogP contribution in [0.25, 0.3) is 33.4 Å². The van der Waals surface area contributed by atoms with Gasteiger partial charge in [-0.1, -0.05) is 123 Å². The Hall–Kier alpha value is -1.20. The molecule has 4 rings (SSSR count). The van der Waals surface area contributed by atoms with Crippen LogP contribution < -0.4 is 0 Å². The Labute approximate surface area is 268 Å². The Morgan fingerprint density at radius 1 is 0.641 bits per heavy atom. The molecule has 0 unspecified atom stereocenters. The van der Waals surface area contributed by atoms with Gasteiger partial charge in [0.25, 0.3) is 0 Å². The van der Waals surface area contributed by atoms with Crippen LogP contribution >= 0.6 is 63.7 Å². The Bertz CT molecular complexity index is 1490. The summed E-state index contributed by atoms with van der Waals surface area (Å²) in [5, 5.41) is 0. The van der Waals surface area contributed by atoms with Crippen LogP contribution in [-0.4, -0.2) is 0 Å². The summed E-state index contributed by atoms with van der Waals surface area (Å²) in [5.41, 5.74) is 11.4. The van der Waals surface area contributed by atoms with E-state index in [1.807, 2.05) is 0 Å². The standard InChI is InChI=1S/C35H36Br4/c1-20(2)17-23-18-24(36)13-15-26(23)30-32(35(5,6)7)31(27-16-14-25(37)19-28(27)21(3)4)34(39)29(33(30)38)22-11-9-8-10-12-22/h8-16,18-21H,17H2,1-7H3. The zero-order valence-corrected chi connectivity index (χ0v) is 30.1. The second-order valence-electron chi connectivity index (χ2n) is 12.0. The zero-order chi connectivity index (χ0) is 28.6. The lowest BCUT2D eigenvalue weighted by molar-refractivity contribution is 0.592. The Morgan fingerprint density at radius 3 is 1.72 bits per heavy atom. The second kappa shape index (κ2) is 12.3. The van der Waals surface area contributed by atoms with E-state index in [-0.39, 0.29) is 5.41 Å². The molecule has 0 nitrogen and oxygen atoms in total. The molecule has 0 radical (unpaired) electrons. The van der Waals surface area contributed by atoms with Crippen molar-refractivity contribution < 1.29 is 0 Å². The second-order valence-corrected chi connectivity index (χ2v) is 15.4. The maximum atomic E-state index is 4.18. The van der Waals surface area contributed by atoms with Gasteiger partial charge in [0.05, 0.1) is 0 Å². The fourth-order valence-corrected chi connectivity index (χ4v) is 8.19. The van der Waals surface area contributed by atoms with Crippen molar-refractivity contribution >= 4 is 63.7 Å². The molecule has 0 amide bonds. The molecule has 0 aromatic heterocycles. The van der Waals surface area contributed by atoms with Crippen LogP contribution in [0.2, 0.25) is 0 Å². The first-order valence-corrected chi connectivity index (χ1v) is 16.7. The van der Waals surface area contributed by atoms with Gasteiger partial charge in [-0.15, -0.1) is 0 Å². The maximum absolute atomic E-state index is 4.18. The minimum Gasteiger partial charge on any atom is -0.0625 e. The number of hydrogen-bond donors (Lipinski definition) is 0. The van der Waals surface area contributed by atoms with E-state index in [0.29, 0.717) is 11.8 Å². The molecule has 0 spiro atoms. The maximum Gasteiger partial charge on any atom is 0.0347 e. The molecule has 0 heterocycles. The van der Waals surface area contributed by atoms with Crippen molar-refractivity contribution in [1.29, 1.82) is 0 Å². The molecule has 4 aromatic rings. The third-order valence-corrected chi connectivity index (χ3v) is 9.63. The summed E-state index contributed by atoms with van der Waals surface area (Å²) in [5.74, 6) is 0.908. The van der Waals surface area contributed by atoms with E-state index < -0.39 is 0 Å². The molecule has 0 aliphatic rings. The summed E-state index contributed by atoms with van der Waals surface area (Å²) in [6.45, 7) is 16.2. The Morgan fingerprint density at radius 2 is 1.18 bits per heavy atom. The smallest absolute Gasteiger partial charge is 0.0347 e. The monoisotopic (exact) mass is 772 g/mol. The fourth-order valence-electron chi connectivity index (χ4n) is 5.46. The molecule has 204 valence electrons. The summed E-state index contributed by atoms with van der Waals surface area (Å²) >= 11 is 15.9. The minimum atomic E-state index is -0.131. The van der Waals surface area contributed by atoms with Crippen molar-refractivity contribution in [2.45, 2.75) is 66.2 Å². The summed E-state index contributed by atoms with van der Waals surface area (Å²) in [6, 6.07) is 24.3. The molecular formula is C35H36Br4. The summed E-state index contributed by atoms with van der Waals surface area (Å²) < 4.78 is 4.48. The van der Waals surface area contributed by atoms with Crippen molar-refractivity contribution in [3.8, 4) is 33.4 Å². The van der Waals surface area contributed by atoms with Gasteiger partial charge in [-0.05, 0) is 113 Å². The number of rotatable bonds is 6. The van der Waals surface area contributed by atoms with E-state index in [1.165, 1.54) is 50.1 Å². The van der Waals surface area contributed by atoms with Crippen molar-refractivity contribution in [3.05, 3.63) is 101 Å². The highest BCUT2D eigenvalue weighted by Gasteiger charge is 2.32. The SMILES string of the molecule is CC(C)Cc1cc(Br)ccc1-c1c(Br)c(-c2ccccc2)c(Br)c(-c2ccc(Br)cc2C(C)C)c1C(C)(C)C. The highest BCUT2D eigenvalue weighted by atomic mass is 79.9. The lowest BCUT2D eigenvalue weighted by atomic mass is 9.74. The number of benzene rings is 4. The minimum absolute atomic E-state index is 0.131. The summed E-state index contributed by atoms with van der Waals surface area (Å²) in [4.78, 5) is 0. The summed E-state index contributed by atoms with van der Waals surface area (Å²) in [7, 11) is 0. The van der Waals surface area contributed by atoms with Crippen molar-refractivity contribution in [2.75, 3.05) is 0 Å². The van der Waals surface area contributed by atoms with Crippen LogP contribution in [0.5, 0.6) is 0 Å². The quantitative estimate of drug-likeness (QED) is 0.183. The molecule has 0 fully saturated rings. The molecule has 39 heavy (non-hydrogen) atoms. The van der Waals surface area contributed by atoms with E-state index in [4.69, 9.17) is 0 Å². The molecule has 0 saturated heterocycles. The molecule has 4 heteroatoms. The fraction of sp³-hybridized carbons (Fsp3) is 0.314. The third-order valence-electron chi connectivity index (χ3n) is 7.06. The first-order chi connectivity index (χ1) is 18.3. The van der Waals surface area contributed by atoms with Gasteiger partial charge in [-0.2, -0.15) is 0 Å². The van der Waals surface area contributed by atoms with Crippen LogP contribution in [0, 0.1) is 5.92 Å². The average molecular weight is 776 g/mol. The van der Waals surface area contributed by atoms with E-state index in [1.54, 1.807) is 0 Å². The molecule has 0 aliphatic carbocycles. The first kappa shape index (κ1) is 30.8. The lowest BCUT2D eigenvalue weighted by Gasteiger charge is -2.32. The van der Waals surface area contributed by atoms with Crippen LogP contribution in [0.15, 0.2) is 84.6 Å². The van der Waals surface area contributed by atoms with Gasteiger partial charge in [-0.3, -0.25) is 0 Å². The molecule has 0 bridgehead atoms. The molecular weight excluding hydrogens is 740 g/mol. The van der Waals surface area contributed by atoms with E-state index in [9.17, 15) is 0 Å². The highest BCUT2D eigenvalue weighted by molar-refractivity contribution is 9.11. The first-order valence-electron chi connectivity index (χ1n) is 13.5. The average Bonchev–Trinajstić information content (AvgIpc) is 2.84. The molecule has 0 N–H and O–H groups in total. The van der Waals surface area contributed by atoms with Gasteiger partial charge in [0.15, 0.2) is 0 Å². The van der Waals surface area contributed by atoms with Gasteiger partial charge in [0.2, 0.25) is 0 Å². The molecule has 0 atom stereocenters. The predicted molar refractivity (Wildman–Crippen MR) is 185 cm³/mol. The largest absolute Gasteiger partial charge is 0.0625 e. The van der Waals surface area contributed by atoms with E-state index >= 15 is 0 Å². The number of hydrogen-bond acceptors (Lipinski definition) is 0. The van der Waals surface area contributed by atoms with Gasteiger partial charge in [0.1, 0.15) is 0 Å². The van der Waals surface area contributed by atoms with Gasteiger partial charge < -0.3 is 0 Å². The van der Waals surface area contributed by atoms with Crippen LogP contribution in [0.3, 0.4) is 0 Å². The lowest BCUT2D eigenvalue weighted by Crippen LogP contribution is -2.17. The molecule has 4 aromatic carbocycles. The van der Waals surface area contributed by atoms with E-state index in [0.717, 1.165) is 24.3 Å². The normalized spacial score (nSPS) is 12.0. The highest BCUT2D eigenvalue weighted by Crippen LogP contribution is 2.54. The third kappa shape index (κ3) is 6.50. The van der Waals surface area contributed by atoms with Gasteiger partial charge in [0, 0.05) is 34.6 Å².